The summed E-state index contributed by atoms with van der Waals surface area (Å²) in [5, 5.41) is 25.8. The van der Waals surface area contributed by atoms with Crippen LogP contribution in [0.3, 0.4) is 0 Å². The van der Waals surface area contributed by atoms with Gasteiger partial charge in [-0.25, -0.2) is 4.79 Å². The number of nitrogens with one attached hydrogen (secondary N) is 2. The molecule has 1 atom stereocenters. The number of rotatable bonds is 10. The van der Waals surface area contributed by atoms with E-state index < -0.39 is 6.10 Å². The van der Waals surface area contributed by atoms with Crippen LogP contribution in [0.25, 0.3) is 11.3 Å². The van der Waals surface area contributed by atoms with Gasteiger partial charge in [0.15, 0.2) is 0 Å². The van der Waals surface area contributed by atoms with Crippen LogP contribution in [0.4, 0.5) is 16.2 Å². The minimum Gasteiger partial charge on any atom is -0.510 e. The van der Waals surface area contributed by atoms with Crippen molar-refractivity contribution in [1.29, 1.82) is 0 Å². The second-order valence-corrected chi connectivity index (χ2v) is 10.6. The number of carbonyl (C=O) groups excluding carboxylic acids is 1. The molecule has 4 N–H and O–H groups in total. The van der Waals surface area contributed by atoms with Gasteiger partial charge in [-0.15, -0.1) is 0 Å². The van der Waals surface area contributed by atoms with Crippen LogP contribution in [0.15, 0.2) is 91.7 Å². The number of benzene rings is 3. The Kier molecular flexibility index (Phi) is 9.93. The lowest BCUT2D eigenvalue weighted by Crippen LogP contribution is -2.34. The van der Waals surface area contributed by atoms with E-state index in [-0.39, 0.29) is 18.3 Å². The summed E-state index contributed by atoms with van der Waals surface area (Å²) in [7, 11) is 0. The maximum Gasteiger partial charge on any atom is 0.326 e. The summed E-state index contributed by atoms with van der Waals surface area (Å²) in [6.07, 6.45) is 5.81. The van der Waals surface area contributed by atoms with Crippen LogP contribution in [0.2, 0.25) is 10.0 Å². The Morgan fingerprint density at radius 2 is 1.65 bits per heavy atom. The predicted molar refractivity (Wildman–Crippen MR) is 166 cm³/mol. The van der Waals surface area contributed by atoms with Crippen LogP contribution in [0.5, 0.6) is 0 Å². The molecule has 40 heavy (non-hydrogen) atoms. The molecule has 2 amide bonds. The summed E-state index contributed by atoms with van der Waals surface area (Å²) in [6.45, 7) is 7.72. The van der Waals surface area contributed by atoms with Crippen molar-refractivity contribution in [2.45, 2.75) is 38.3 Å². The highest BCUT2D eigenvalue weighted by atomic mass is 35.5. The monoisotopic (exact) mass is 577 g/mol. The predicted octanol–water partition coefficient (Wildman–Crippen LogP) is 8.18. The van der Waals surface area contributed by atoms with Crippen LogP contribution >= 0.6 is 23.2 Å². The van der Waals surface area contributed by atoms with Crippen molar-refractivity contribution in [3.8, 4) is 0 Å². The second kappa shape index (κ2) is 13.6. The Bertz CT molecular complexity index is 1380. The molecule has 0 fully saturated rings. The van der Waals surface area contributed by atoms with E-state index >= 15 is 0 Å². The first-order valence-electron chi connectivity index (χ1n) is 13.1. The zero-order chi connectivity index (χ0) is 28.6. The molecule has 4 rings (SSSR count). The van der Waals surface area contributed by atoms with Crippen molar-refractivity contribution in [2.75, 3.05) is 16.8 Å². The fourth-order valence-electron chi connectivity index (χ4n) is 4.49. The summed E-state index contributed by atoms with van der Waals surface area (Å²) in [6, 6.07) is 20.3. The normalized spacial score (nSPS) is 13.6. The first-order valence-corrected chi connectivity index (χ1v) is 13.9. The molecule has 0 saturated heterocycles. The summed E-state index contributed by atoms with van der Waals surface area (Å²) in [4.78, 5) is 15.2. The number of aliphatic hydroxyl groups excluding tert-OH is 2. The molecule has 0 bridgehead atoms. The Morgan fingerprint density at radius 3 is 2.25 bits per heavy atom. The van der Waals surface area contributed by atoms with E-state index in [1.165, 1.54) is 24.0 Å². The van der Waals surface area contributed by atoms with Crippen molar-refractivity contribution in [3.63, 3.8) is 0 Å². The Balaban J connectivity index is 1.54. The van der Waals surface area contributed by atoms with E-state index in [1.807, 2.05) is 36.4 Å². The number of hydrogen-bond donors (Lipinski definition) is 4. The number of nitrogens with zero attached hydrogens (tertiary/aromatic N) is 1. The highest BCUT2D eigenvalue weighted by molar-refractivity contribution is 6.35. The van der Waals surface area contributed by atoms with Crippen LogP contribution < -0.4 is 15.5 Å². The third-order valence-electron chi connectivity index (χ3n) is 6.74. The van der Waals surface area contributed by atoms with Gasteiger partial charge in [0.05, 0.1) is 6.54 Å². The van der Waals surface area contributed by atoms with Gasteiger partial charge in [0.25, 0.3) is 0 Å². The summed E-state index contributed by atoms with van der Waals surface area (Å²) >= 11 is 12.3. The van der Waals surface area contributed by atoms with Crippen LogP contribution in [-0.4, -0.2) is 28.9 Å². The minimum absolute atomic E-state index is 0.0876. The maximum atomic E-state index is 13.5. The van der Waals surface area contributed by atoms with Gasteiger partial charge in [-0.3, -0.25) is 4.90 Å². The summed E-state index contributed by atoms with van der Waals surface area (Å²) in [5.41, 5.74) is 6.08. The van der Waals surface area contributed by atoms with Crippen molar-refractivity contribution < 1.29 is 15.0 Å². The average molecular weight is 579 g/mol. The molecule has 6 nitrogen and oxygen atoms in total. The lowest BCUT2D eigenvalue weighted by molar-refractivity contribution is 0.156. The molecule has 0 spiro atoms. The van der Waals surface area contributed by atoms with Gasteiger partial charge in [-0.2, -0.15) is 0 Å². The molecule has 0 aromatic heterocycles. The molecule has 8 heteroatoms. The van der Waals surface area contributed by atoms with Crippen LogP contribution in [-0.2, 0) is 6.54 Å². The maximum absolute atomic E-state index is 13.5. The Hall–Kier alpha value is -3.71. The first-order chi connectivity index (χ1) is 19.2. The largest absolute Gasteiger partial charge is 0.510 e. The standard InChI is InChI=1S/C32H33Cl2N3O3/c1-21(35-19-31(39)22(2)38)24-10-8-23(9-11-24)20-37(32(40)36-29-17-27(33)16-28(34)18-29)30-14-12-26(13-15-30)25-6-4-3-5-7-25/h6,8-18,31,35,38-39H,1-5,7,19-20H2,(H,36,40)/t31-/m1/s1. The average Bonchev–Trinajstić information content (AvgIpc) is 2.94. The number of urea groups is 1. The van der Waals surface area contributed by atoms with Gasteiger partial charge in [0.1, 0.15) is 11.9 Å². The number of carbonyl (C=O) groups is 1. The third-order valence-corrected chi connectivity index (χ3v) is 7.17. The highest BCUT2D eigenvalue weighted by Gasteiger charge is 2.18. The topological polar surface area (TPSA) is 84.8 Å². The molecular weight excluding hydrogens is 545 g/mol. The van der Waals surface area contributed by atoms with Gasteiger partial charge in [0, 0.05) is 33.7 Å². The Morgan fingerprint density at radius 1 is 0.975 bits per heavy atom. The molecule has 208 valence electrons. The lowest BCUT2D eigenvalue weighted by Gasteiger charge is -2.24. The molecule has 3 aromatic carbocycles. The van der Waals surface area contributed by atoms with E-state index in [1.54, 1.807) is 23.1 Å². The lowest BCUT2D eigenvalue weighted by atomic mass is 9.93. The van der Waals surface area contributed by atoms with Crippen LogP contribution in [0.1, 0.15) is 42.4 Å². The smallest absolute Gasteiger partial charge is 0.326 e. The van der Waals surface area contributed by atoms with E-state index in [0.29, 0.717) is 28.0 Å². The summed E-state index contributed by atoms with van der Waals surface area (Å²) < 4.78 is 0. The number of halogens is 2. The van der Waals surface area contributed by atoms with Crippen molar-refractivity contribution in [3.05, 3.63) is 118 Å². The minimum atomic E-state index is -1.08. The SMILES string of the molecule is C=C(NC[C@@H](O)C(=C)O)c1ccc(CN(C(=O)Nc2cc(Cl)cc(Cl)c2)c2ccc(C3=CCCCC3)cc2)cc1. The third kappa shape index (κ3) is 7.92. The zero-order valence-electron chi connectivity index (χ0n) is 22.2. The molecule has 1 aliphatic carbocycles. The molecule has 0 heterocycles. The van der Waals surface area contributed by atoms with Gasteiger partial charge in [-0.05, 0) is 78.3 Å². The van der Waals surface area contributed by atoms with Crippen molar-refractivity contribution >= 4 is 51.9 Å². The molecule has 0 unspecified atom stereocenters. The molecule has 3 aromatic rings. The molecule has 0 saturated carbocycles. The van der Waals surface area contributed by atoms with E-state index in [0.717, 1.165) is 29.7 Å². The van der Waals surface area contributed by atoms with E-state index in [9.17, 15) is 15.0 Å². The number of allylic oxidation sites excluding steroid dienone is 2. The number of amides is 2. The second-order valence-electron chi connectivity index (χ2n) is 9.76. The first kappa shape index (κ1) is 29.3. The molecule has 0 radical (unpaired) electrons. The Labute approximate surface area is 245 Å². The van der Waals surface area contributed by atoms with E-state index in [4.69, 9.17) is 23.2 Å². The molecule has 1 aliphatic rings. The summed E-state index contributed by atoms with van der Waals surface area (Å²) in [5.74, 6) is -0.308. The molecule has 0 aliphatic heterocycles. The van der Waals surface area contributed by atoms with Crippen molar-refractivity contribution in [2.24, 2.45) is 0 Å². The van der Waals surface area contributed by atoms with Crippen molar-refractivity contribution in [1.82, 2.24) is 5.32 Å². The van der Waals surface area contributed by atoms with Gasteiger partial charge < -0.3 is 20.8 Å². The molecular formula is C32H33Cl2N3O3. The number of anilines is 2. The zero-order valence-corrected chi connectivity index (χ0v) is 23.7. The van der Waals surface area contributed by atoms with Gasteiger partial charge in [-0.1, -0.05) is 78.8 Å². The quantitative estimate of drug-likeness (QED) is 0.183. The van der Waals surface area contributed by atoms with Gasteiger partial charge in [0.2, 0.25) is 0 Å². The number of aliphatic hydroxyl groups is 2. The fraction of sp³-hybridized carbons (Fsp3) is 0.219. The van der Waals surface area contributed by atoms with Gasteiger partial charge >= 0.3 is 6.03 Å². The van der Waals surface area contributed by atoms with E-state index in [2.05, 4.69) is 42.0 Å². The van der Waals surface area contributed by atoms with Crippen LogP contribution in [0, 0.1) is 0 Å². The number of hydrogen-bond acceptors (Lipinski definition) is 4. The highest BCUT2D eigenvalue weighted by Crippen LogP contribution is 2.29. The fourth-order valence-corrected chi connectivity index (χ4v) is 5.01.